The third-order valence-electron chi connectivity index (χ3n) is 5.89. The Morgan fingerprint density at radius 3 is 2.09 bits per heavy atom. The molecular weight excluding hydrogens is 404 g/mol. The number of hydrogen-bond acceptors (Lipinski definition) is 4. The summed E-state index contributed by atoms with van der Waals surface area (Å²) in [5.41, 5.74) is 1.14. The van der Waals surface area contributed by atoms with Gasteiger partial charge in [0.05, 0.1) is 18.6 Å². The molecule has 1 aromatic carbocycles. The van der Waals surface area contributed by atoms with Gasteiger partial charge in [0.1, 0.15) is 0 Å². The largest absolute Gasteiger partial charge is 0.346 e. The van der Waals surface area contributed by atoms with Crippen LogP contribution >= 0.6 is 0 Å². The molecule has 0 saturated carbocycles. The molecule has 0 aliphatic heterocycles. The van der Waals surface area contributed by atoms with Crippen LogP contribution in [0, 0.1) is 5.92 Å². The topological polar surface area (TPSA) is 81.8 Å². The molecule has 32 heavy (non-hydrogen) atoms. The van der Waals surface area contributed by atoms with Crippen LogP contribution in [0.3, 0.4) is 0 Å². The van der Waals surface area contributed by atoms with Crippen molar-refractivity contribution >= 4 is 17.7 Å². The number of carbonyl (C=O) groups excluding carboxylic acids is 3. The minimum atomic E-state index is -0.510. The number of hydrogen-bond donors (Lipinski definition) is 2. The van der Waals surface area contributed by atoms with Gasteiger partial charge in [0.2, 0.25) is 17.7 Å². The molecule has 7 heteroatoms. The predicted octanol–water partition coefficient (Wildman–Crippen LogP) is 2.19. The Hall–Kier alpha value is -2.67. The van der Waals surface area contributed by atoms with E-state index in [1.54, 1.807) is 40.0 Å². The summed E-state index contributed by atoms with van der Waals surface area (Å²) in [5, 5.41) is 5.88. The Bertz CT molecular complexity index is 816. The molecule has 1 rings (SSSR count). The van der Waals surface area contributed by atoms with Crippen LogP contribution in [-0.2, 0) is 19.8 Å². The van der Waals surface area contributed by atoms with Crippen molar-refractivity contribution in [2.75, 3.05) is 34.7 Å². The molecule has 2 unspecified atom stereocenters. The molecule has 0 radical (unpaired) electrons. The van der Waals surface area contributed by atoms with Gasteiger partial charge in [-0.2, -0.15) is 0 Å². The monoisotopic (exact) mass is 444 g/mol. The van der Waals surface area contributed by atoms with E-state index in [4.69, 9.17) is 0 Å². The molecule has 0 aromatic heterocycles. The third-order valence-corrected chi connectivity index (χ3v) is 5.89. The van der Waals surface area contributed by atoms with Gasteiger partial charge in [-0.15, -0.1) is 0 Å². The number of nitrogens with zero attached hydrogens (tertiary/aromatic N) is 2. The quantitative estimate of drug-likeness (QED) is 0.542. The third kappa shape index (κ3) is 6.92. The van der Waals surface area contributed by atoms with Crippen LogP contribution in [0.5, 0.6) is 0 Å². The van der Waals surface area contributed by atoms with Gasteiger partial charge < -0.3 is 20.4 Å². The summed E-state index contributed by atoms with van der Waals surface area (Å²) < 4.78 is 0. The summed E-state index contributed by atoms with van der Waals surface area (Å²) in [6.07, 6.45) is 1.82. The highest BCUT2D eigenvalue weighted by molar-refractivity contribution is 5.93. The fourth-order valence-electron chi connectivity index (χ4n) is 3.84. The molecule has 0 saturated heterocycles. The number of likely N-dealkylation sites (N-methyl/N-ethyl adjacent to an activating group) is 3. The highest BCUT2D eigenvalue weighted by Gasteiger charge is 2.35. The van der Waals surface area contributed by atoms with Crippen molar-refractivity contribution in [3.63, 3.8) is 0 Å². The Labute approximate surface area is 193 Å². The standard InChI is InChI=1S/C25H40N4O3/c1-17(2)20(15-18(3)24(32)28(7)8)29(9)21(30)16-27-23(31)22(26-6)25(4,5)19-13-11-10-12-14-19/h10-15,17,20,22,26H,16H2,1-9H3,(H,27,31)/b18-15+. The molecule has 178 valence electrons. The first-order valence-corrected chi connectivity index (χ1v) is 11.0. The average molecular weight is 445 g/mol. The summed E-state index contributed by atoms with van der Waals surface area (Å²) >= 11 is 0. The van der Waals surface area contributed by atoms with E-state index in [0.717, 1.165) is 5.56 Å². The maximum Gasteiger partial charge on any atom is 0.248 e. The van der Waals surface area contributed by atoms with Crippen LogP contribution in [0.25, 0.3) is 0 Å². The summed E-state index contributed by atoms with van der Waals surface area (Å²) in [4.78, 5) is 41.2. The lowest BCUT2D eigenvalue weighted by atomic mass is 9.77. The number of amides is 3. The zero-order valence-electron chi connectivity index (χ0n) is 21.0. The van der Waals surface area contributed by atoms with Crippen LogP contribution in [0.4, 0.5) is 0 Å². The van der Waals surface area contributed by atoms with E-state index in [9.17, 15) is 14.4 Å². The van der Waals surface area contributed by atoms with Crippen molar-refractivity contribution in [1.29, 1.82) is 0 Å². The minimum absolute atomic E-state index is 0.0928. The number of carbonyl (C=O) groups is 3. The number of nitrogens with one attached hydrogen (secondary N) is 2. The van der Waals surface area contributed by atoms with Crippen LogP contribution in [0.1, 0.15) is 40.2 Å². The first kappa shape index (κ1) is 27.4. The zero-order chi connectivity index (χ0) is 24.6. The van der Waals surface area contributed by atoms with Crippen molar-refractivity contribution in [1.82, 2.24) is 20.4 Å². The Balaban J connectivity index is 2.90. The van der Waals surface area contributed by atoms with Gasteiger partial charge in [-0.05, 0) is 25.5 Å². The lowest BCUT2D eigenvalue weighted by molar-refractivity contribution is -0.134. The fourth-order valence-corrected chi connectivity index (χ4v) is 3.84. The summed E-state index contributed by atoms with van der Waals surface area (Å²) in [6, 6.07) is 9.05. The second-order valence-electron chi connectivity index (χ2n) is 9.32. The molecule has 0 heterocycles. The summed E-state index contributed by atoms with van der Waals surface area (Å²) in [6.45, 7) is 9.63. The smallest absolute Gasteiger partial charge is 0.248 e. The Kier molecular flexibility index (Phi) is 10.1. The van der Waals surface area contributed by atoms with Crippen molar-refractivity contribution in [2.45, 2.75) is 52.1 Å². The number of rotatable bonds is 10. The van der Waals surface area contributed by atoms with E-state index in [0.29, 0.717) is 5.57 Å². The van der Waals surface area contributed by atoms with E-state index in [1.807, 2.05) is 64.1 Å². The lowest BCUT2D eigenvalue weighted by Gasteiger charge is -2.34. The second kappa shape index (κ2) is 11.8. The zero-order valence-corrected chi connectivity index (χ0v) is 21.0. The molecule has 7 nitrogen and oxygen atoms in total. The molecular formula is C25H40N4O3. The Morgan fingerprint density at radius 2 is 1.62 bits per heavy atom. The van der Waals surface area contributed by atoms with Gasteiger partial charge in [0.15, 0.2) is 0 Å². The van der Waals surface area contributed by atoms with Gasteiger partial charge in [0, 0.05) is 32.1 Å². The molecule has 0 aliphatic rings. The van der Waals surface area contributed by atoms with E-state index >= 15 is 0 Å². The van der Waals surface area contributed by atoms with E-state index in [1.165, 1.54) is 4.90 Å². The SMILES string of the molecule is CNC(C(=O)NCC(=O)N(C)C(/C=C(\C)C(=O)N(C)C)C(C)C)C(C)(C)c1ccccc1. The molecule has 2 N–H and O–H groups in total. The summed E-state index contributed by atoms with van der Waals surface area (Å²) in [5.74, 6) is -0.444. The molecule has 0 bridgehead atoms. The number of benzene rings is 1. The van der Waals surface area contributed by atoms with E-state index < -0.39 is 11.5 Å². The van der Waals surface area contributed by atoms with Crippen molar-refractivity contribution in [3.05, 3.63) is 47.5 Å². The van der Waals surface area contributed by atoms with Gasteiger partial charge >= 0.3 is 0 Å². The highest BCUT2D eigenvalue weighted by atomic mass is 16.2. The van der Waals surface area contributed by atoms with Crippen LogP contribution in [-0.4, -0.2) is 74.3 Å². The average Bonchev–Trinajstić information content (AvgIpc) is 2.75. The lowest BCUT2D eigenvalue weighted by Crippen LogP contribution is -2.55. The maximum atomic E-state index is 13.0. The van der Waals surface area contributed by atoms with Gasteiger partial charge in [0.25, 0.3) is 0 Å². The van der Waals surface area contributed by atoms with Crippen LogP contribution in [0.15, 0.2) is 42.0 Å². The molecule has 3 amide bonds. The van der Waals surface area contributed by atoms with Crippen molar-refractivity contribution in [3.8, 4) is 0 Å². The fraction of sp³-hybridized carbons (Fsp3) is 0.560. The maximum absolute atomic E-state index is 13.0. The normalized spacial score (nSPS) is 14.0. The first-order valence-electron chi connectivity index (χ1n) is 11.0. The molecule has 1 aromatic rings. The van der Waals surface area contributed by atoms with Crippen LogP contribution < -0.4 is 10.6 Å². The van der Waals surface area contributed by atoms with Crippen LogP contribution in [0.2, 0.25) is 0 Å². The second-order valence-corrected chi connectivity index (χ2v) is 9.32. The molecule has 2 atom stereocenters. The van der Waals surface area contributed by atoms with E-state index in [-0.39, 0.29) is 36.2 Å². The molecule has 0 aliphatic carbocycles. The summed E-state index contributed by atoms with van der Waals surface area (Å²) in [7, 11) is 6.84. The van der Waals surface area contributed by atoms with Crippen molar-refractivity contribution < 1.29 is 14.4 Å². The minimum Gasteiger partial charge on any atom is -0.346 e. The van der Waals surface area contributed by atoms with Crippen molar-refractivity contribution in [2.24, 2.45) is 5.92 Å². The first-order chi connectivity index (χ1) is 14.8. The van der Waals surface area contributed by atoms with Gasteiger partial charge in [-0.3, -0.25) is 14.4 Å². The highest BCUT2D eigenvalue weighted by Crippen LogP contribution is 2.27. The van der Waals surface area contributed by atoms with Gasteiger partial charge in [-0.1, -0.05) is 64.1 Å². The van der Waals surface area contributed by atoms with E-state index in [2.05, 4.69) is 10.6 Å². The Morgan fingerprint density at radius 1 is 1.06 bits per heavy atom. The molecule has 0 spiro atoms. The van der Waals surface area contributed by atoms with Gasteiger partial charge in [-0.25, -0.2) is 0 Å². The molecule has 0 fully saturated rings. The predicted molar refractivity (Wildman–Crippen MR) is 129 cm³/mol.